The quantitative estimate of drug-likeness (QED) is 0.752. The van der Waals surface area contributed by atoms with Crippen LogP contribution in [0.4, 0.5) is 14.5 Å². The molecule has 0 spiro atoms. The van der Waals surface area contributed by atoms with Crippen LogP contribution >= 0.6 is 0 Å². The standard InChI is InChI=1S/C17H20F2N4O3/c1-3-9-20-16(25)14-13(10-23(4-2)22-14)21-15(24)11-5-7-12(8-6-11)26-17(18)19/h5-8,10,17H,3-4,9H2,1-2H3,(H,20,25)(H,21,24). The maximum Gasteiger partial charge on any atom is 0.387 e. The van der Waals surface area contributed by atoms with Gasteiger partial charge in [0.2, 0.25) is 0 Å². The van der Waals surface area contributed by atoms with Crippen LogP contribution in [0.15, 0.2) is 30.5 Å². The second kappa shape index (κ2) is 8.93. The molecule has 9 heteroatoms. The van der Waals surface area contributed by atoms with Crippen molar-refractivity contribution in [2.24, 2.45) is 0 Å². The molecule has 0 aliphatic rings. The van der Waals surface area contributed by atoms with Crippen LogP contribution in [0.3, 0.4) is 0 Å². The van der Waals surface area contributed by atoms with E-state index in [1.807, 2.05) is 13.8 Å². The highest BCUT2D eigenvalue weighted by molar-refractivity contribution is 6.08. The number of benzene rings is 1. The van der Waals surface area contributed by atoms with Gasteiger partial charge in [-0.15, -0.1) is 0 Å². The molecule has 140 valence electrons. The molecule has 0 saturated carbocycles. The molecule has 0 fully saturated rings. The maximum atomic E-state index is 12.4. The van der Waals surface area contributed by atoms with Crippen LogP contribution in [0.5, 0.6) is 5.75 Å². The second-order valence-corrected chi connectivity index (χ2v) is 5.36. The van der Waals surface area contributed by atoms with Gasteiger partial charge in [-0.05, 0) is 37.6 Å². The van der Waals surface area contributed by atoms with Gasteiger partial charge >= 0.3 is 6.61 Å². The molecule has 2 rings (SSSR count). The average Bonchev–Trinajstić information content (AvgIpc) is 3.02. The van der Waals surface area contributed by atoms with E-state index in [4.69, 9.17) is 0 Å². The van der Waals surface area contributed by atoms with Crippen molar-refractivity contribution in [3.8, 4) is 5.75 Å². The van der Waals surface area contributed by atoms with Crippen LogP contribution in [0.25, 0.3) is 0 Å². The predicted molar refractivity (Wildman–Crippen MR) is 91.6 cm³/mol. The van der Waals surface area contributed by atoms with Gasteiger partial charge in [0, 0.05) is 24.8 Å². The Labute approximate surface area is 149 Å². The molecule has 0 aliphatic heterocycles. The Morgan fingerprint density at radius 3 is 2.46 bits per heavy atom. The lowest BCUT2D eigenvalue weighted by atomic mass is 10.2. The van der Waals surface area contributed by atoms with Gasteiger partial charge in [-0.1, -0.05) is 6.92 Å². The van der Waals surface area contributed by atoms with Crippen molar-refractivity contribution in [3.63, 3.8) is 0 Å². The van der Waals surface area contributed by atoms with E-state index in [9.17, 15) is 18.4 Å². The van der Waals surface area contributed by atoms with Crippen LogP contribution in [0.2, 0.25) is 0 Å². The van der Waals surface area contributed by atoms with Crippen molar-refractivity contribution < 1.29 is 23.1 Å². The average molecular weight is 366 g/mol. The van der Waals surface area contributed by atoms with Crippen molar-refractivity contribution in [2.45, 2.75) is 33.4 Å². The second-order valence-electron chi connectivity index (χ2n) is 5.36. The molecule has 2 aromatic rings. The third kappa shape index (κ3) is 5.01. The van der Waals surface area contributed by atoms with E-state index in [1.165, 1.54) is 28.9 Å². The van der Waals surface area contributed by atoms with Crippen molar-refractivity contribution >= 4 is 17.5 Å². The van der Waals surface area contributed by atoms with Gasteiger partial charge in [-0.2, -0.15) is 13.9 Å². The monoisotopic (exact) mass is 366 g/mol. The van der Waals surface area contributed by atoms with Gasteiger partial charge in [-0.25, -0.2) is 0 Å². The Hall–Kier alpha value is -2.97. The maximum absolute atomic E-state index is 12.4. The number of ether oxygens (including phenoxy) is 1. The number of anilines is 1. The minimum Gasteiger partial charge on any atom is -0.435 e. The summed E-state index contributed by atoms with van der Waals surface area (Å²) in [6.07, 6.45) is 2.34. The molecule has 0 bridgehead atoms. The molecule has 0 unspecified atom stereocenters. The van der Waals surface area contributed by atoms with Crippen molar-refractivity contribution in [2.75, 3.05) is 11.9 Å². The number of hydrogen-bond acceptors (Lipinski definition) is 4. The molecule has 7 nitrogen and oxygen atoms in total. The highest BCUT2D eigenvalue weighted by Gasteiger charge is 2.19. The molecule has 1 aromatic heterocycles. The van der Waals surface area contributed by atoms with Crippen LogP contribution in [0, 0.1) is 0 Å². The molecule has 0 radical (unpaired) electrons. The lowest BCUT2D eigenvalue weighted by Gasteiger charge is -2.07. The number of halogens is 2. The van der Waals surface area contributed by atoms with Crippen molar-refractivity contribution in [1.82, 2.24) is 15.1 Å². The summed E-state index contributed by atoms with van der Waals surface area (Å²) in [5.41, 5.74) is 0.625. The molecule has 0 atom stereocenters. The van der Waals surface area contributed by atoms with E-state index in [-0.39, 0.29) is 28.6 Å². The van der Waals surface area contributed by atoms with Gasteiger partial charge in [0.05, 0.1) is 5.69 Å². The molecule has 26 heavy (non-hydrogen) atoms. The van der Waals surface area contributed by atoms with E-state index in [1.54, 1.807) is 6.20 Å². The predicted octanol–water partition coefficient (Wildman–Crippen LogP) is 2.90. The fourth-order valence-electron chi connectivity index (χ4n) is 2.15. The first-order chi connectivity index (χ1) is 12.4. The zero-order valence-corrected chi connectivity index (χ0v) is 14.5. The Kier molecular flexibility index (Phi) is 6.65. The summed E-state index contributed by atoms with van der Waals surface area (Å²) >= 11 is 0. The SMILES string of the molecule is CCCNC(=O)c1nn(CC)cc1NC(=O)c1ccc(OC(F)F)cc1. The minimum absolute atomic E-state index is 0.0463. The summed E-state index contributed by atoms with van der Waals surface area (Å²) in [4.78, 5) is 24.6. The van der Waals surface area contributed by atoms with E-state index >= 15 is 0 Å². The van der Waals surface area contributed by atoms with Gasteiger partial charge in [0.25, 0.3) is 11.8 Å². The fourth-order valence-corrected chi connectivity index (χ4v) is 2.15. The summed E-state index contributed by atoms with van der Waals surface area (Å²) in [7, 11) is 0. The lowest BCUT2D eigenvalue weighted by Crippen LogP contribution is -2.26. The van der Waals surface area contributed by atoms with E-state index in [0.717, 1.165) is 6.42 Å². The number of carbonyl (C=O) groups excluding carboxylic acids is 2. The van der Waals surface area contributed by atoms with Crippen LogP contribution in [-0.4, -0.2) is 34.8 Å². The van der Waals surface area contributed by atoms with E-state index in [0.29, 0.717) is 13.1 Å². The normalized spacial score (nSPS) is 10.7. The number of nitrogens with zero attached hydrogens (tertiary/aromatic N) is 2. The first-order valence-electron chi connectivity index (χ1n) is 8.16. The smallest absolute Gasteiger partial charge is 0.387 e. The summed E-state index contributed by atoms with van der Waals surface area (Å²) in [5.74, 6) is -0.918. The van der Waals surface area contributed by atoms with Crippen molar-refractivity contribution in [3.05, 3.63) is 41.7 Å². The van der Waals surface area contributed by atoms with Crippen LogP contribution < -0.4 is 15.4 Å². The Bertz CT molecular complexity index is 760. The summed E-state index contributed by atoms with van der Waals surface area (Å²) in [6.45, 7) is 1.88. The number of rotatable bonds is 8. The van der Waals surface area contributed by atoms with E-state index in [2.05, 4.69) is 20.5 Å². The summed E-state index contributed by atoms with van der Waals surface area (Å²) in [5, 5.41) is 9.50. The molecule has 1 aromatic carbocycles. The molecule has 2 amide bonds. The third-order valence-electron chi connectivity index (χ3n) is 3.43. The van der Waals surface area contributed by atoms with Gasteiger partial charge in [0.1, 0.15) is 5.75 Å². The molecule has 0 aliphatic carbocycles. The Morgan fingerprint density at radius 2 is 1.88 bits per heavy atom. The molecule has 2 N–H and O–H groups in total. The van der Waals surface area contributed by atoms with Gasteiger partial charge in [0.15, 0.2) is 5.69 Å². The largest absolute Gasteiger partial charge is 0.435 e. The number of carbonyl (C=O) groups is 2. The van der Waals surface area contributed by atoms with Gasteiger partial charge in [-0.3, -0.25) is 14.3 Å². The van der Waals surface area contributed by atoms with Crippen molar-refractivity contribution in [1.29, 1.82) is 0 Å². The highest BCUT2D eigenvalue weighted by Crippen LogP contribution is 2.18. The van der Waals surface area contributed by atoms with Gasteiger partial charge < -0.3 is 15.4 Å². The number of amides is 2. The summed E-state index contributed by atoms with van der Waals surface area (Å²) < 4.78 is 30.1. The third-order valence-corrected chi connectivity index (χ3v) is 3.43. The molecular formula is C17H20F2N4O3. The zero-order chi connectivity index (χ0) is 19.1. The number of nitrogens with one attached hydrogen (secondary N) is 2. The Balaban J connectivity index is 2.15. The lowest BCUT2D eigenvalue weighted by molar-refractivity contribution is -0.0498. The topological polar surface area (TPSA) is 85.3 Å². The number of aromatic nitrogens is 2. The molecule has 1 heterocycles. The fraction of sp³-hybridized carbons (Fsp3) is 0.353. The van der Waals surface area contributed by atoms with Crippen LogP contribution in [0.1, 0.15) is 41.1 Å². The number of hydrogen-bond donors (Lipinski definition) is 2. The minimum atomic E-state index is -2.93. The first-order valence-corrected chi connectivity index (χ1v) is 8.16. The van der Waals surface area contributed by atoms with Crippen LogP contribution in [-0.2, 0) is 6.54 Å². The highest BCUT2D eigenvalue weighted by atomic mass is 19.3. The first kappa shape index (κ1) is 19.4. The number of alkyl halides is 2. The molecular weight excluding hydrogens is 346 g/mol. The Morgan fingerprint density at radius 1 is 1.19 bits per heavy atom. The zero-order valence-electron chi connectivity index (χ0n) is 14.5. The number of aryl methyl sites for hydroxylation is 1. The summed E-state index contributed by atoms with van der Waals surface area (Å²) in [6, 6.07) is 5.25. The molecule has 0 saturated heterocycles. The van der Waals surface area contributed by atoms with E-state index < -0.39 is 12.5 Å².